The molecule has 0 N–H and O–H groups in total. The summed E-state index contributed by atoms with van der Waals surface area (Å²) in [4.78, 5) is 0.781. The van der Waals surface area contributed by atoms with E-state index in [4.69, 9.17) is 0 Å². The van der Waals surface area contributed by atoms with Crippen molar-refractivity contribution < 1.29 is 0 Å². The Morgan fingerprint density at radius 1 is 1.27 bits per heavy atom. The van der Waals surface area contributed by atoms with E-state index < -0.39 is 0 Å². The summed E-state index contributed by atoms with van der Waals surface area (Å²) in [7, 11) is 0. The summed E-state index contributed by atoms with van der Waals surface area (Å²) in [5.41, 5.74) is 2.84. The van der Waals surface area contributed by atoms with Gasteiger partial charge in [-0.15, -0.1) is 0 Å². The molecule has 1 atom stereocenters. The summed E-state index contributed by atoms with van der Waals surface area (Å²) in [6, 6.07) is 8.94. The van der Waals surface area contributed by atoms with Gasteiger partial charge in [-0.3, -0.25) is 0 Å². The molecule has 1 saturated carbocycles. The van der Waals surface area contributed by atoms with E-state index in [1.807, 2.05) is 0 Å². The lowest BCUT2D eigenvalue weighted by molar-refractivity contribution is 0.653. The van der Waals surface area contributed by atoms with Gasteiger partial charge >= 0.3 is 0 Å². The molecule has 1 unspecified atom stereocenters. The third-order valence-corrected chi connectivity index (χ3v) is 4.40. The van der Waals surface area contributed by atoms with Gasteiger partial charge in [-0.25, -0.2) is 0 Å². The predicted octanol–water partition coefficient (Wildman–Crippen LogP) is 4.49. The summed E-state index contributed by atoms with van der Waals surface area (Å²) < 4.78 is 0. The fourth-order valence-electron chi connectivity index (χ4n) is 1.95. The lowest BCUT2D eigenvalue weighted by atomic mass is 10.0. The third kappa shape index (κ3) is 3.64. The maximum atomic E-state index is 3.79. The summed E-state index contributed by atoms with van der Waals surface area (Å²) in [6.45, 7) is 2.14. The zero-order valence-electron chi connectivity index (χ0n) is 9.38. The molecule has 0 saturated heterocycles. The van der Waals surface area contributed by atoms with Crippen molar-refractivity contribution in [1.82, 2.24) is 0 Å². The van der Waals surface area contributed by atoms with Crippen LogP contribution in [0.25, 0.3) is 0 Å². The topological polar surface area (TPSA) is 0 Å². The number of rotatable bonds is 5. The van der Waals surface area contributed by atoms with E-state index in [0.29, 0.717) is 0 Å². The molecule has 2 rings (SSSR count). The minimum Gasteiger partial charge on any atom is -0.0888 e. The van der Waals surface area contributed by atoms with Crippen LogP contribution in [0.1, 0.15) is 36.8 Å². The number of halogens is 1. The maximum absolute atomic E-state index is 3.79. The summed E-state index contributed by atoms with van der Waals surface area (Å²) in [5, 5.41) is 0. The van der Waals surface area contributed by atoms with Crippen molar-refractivity contribution in [3.8, 4) is 0 Å². The van der Waals surface area contributed by atoms with Crippen LogP contribution >= 0.6 is 15.9 Å². The van der Waals surface area contributed by atoms with Gasteiger partial charge in [-0.1, -0.05) is 45.8 Å². The van der Waals surface area contributed by atoms with Gasteiger partial charge in [0.15, 0.2) is 0 Å². The Morgan fingerprint density at radius 2 is 1.93 bits per heavy atom. The van der Waals surface area contributed by atoms with Crippen LogP contribution in [-0.2, 0) is 6.42 Å². The Hall–Kier alpha value is -0.300. The second-order valence-corrected chi connectivity index (χ2v) is 5.91. The molecule has 1 fully saturated rings. The van der Waals surface area contributed by atoms with Crippen molar-refractivity contribution in [1.29, 1.82) is 0 Å². The van der Waals surface area contributed by atoms with E-state index in [1.165, 1.54) is 43.2 Å². The maximum Gasteiger partial charge on any atom is 0.0174 e. The fourth-order valence-corrected chi connectivity index (χ4v) is 2.80. The van der Waals surface area contributed by atoms with Crippen molar-refractivity contribution in [3.63, 3.8) is 0 Å². The van der Waals surface area contributed by atoms with E-state index in [2.05, 4.69) is 47.1 Å². The van der Waals surface area contributed by atoms with E-state index in [-0.39, 0.29) is 0 Å². The van der Waals surface area contributed by atoms with Gasteiger partial charge in [0.1, 0.15) is 0 Å². The Bertz CT molecular complexity index is 298. The number of aryl methyl sites for hydroxylation is 2. The molecule has 1 aromatic carbocycles. The highest BCUT2D eigenvalue weighted by atomic mass is 79.9. The highest BCUT2D eigenvalue weighted by Crippen LogP contribution is 2.38. The molecule has 1 aromatic rings. The quantitative estimate of drug-likeness (QED) is 0.689. The van der Waals surface area contributed by atoms with Crippen LogP contribution in [0.2, 0.25) is 0 Å². The molecular formula is C14H19Br. The van der Waals surface area contributed by atoms with Crippen molar-refractivity contribution in [2.45, 2.75) is 43.9 Å². The minimum absolute atomic E-state index is 0.781. The van der Waals surface area contributed by atoms with Gasteiger partial charge in [0, 0.05) is 4.83 Å². The average Bonchev–Trinajstić information content (AvgIpc) is 3.04. The Kier molecular flexibility index (Phi) is 3.85. The molecular weight excluding hydrogens is 248 g/mol. The Balaban J connectivity index is 1.70. The highest BCUT2D eigenvalue weighted by molar-refractivity contribution is 9.09. The van der Waals surface area contributed by atoms with Crippen LogP contribution in [0.3, 0.4) is 0 Å². The summed E-state index contributed by atoms with van der Waals surface area (Å²) in [5.74, 6) is 0.989. The minimum atomic E-state index is 0.781. The number of alkyl halides is 1. The molecule has 0 bridgehead atoms. The molecule has 0 spiro atoms. The van der Waals surface area contributed by atoms with Crippen LogP contribution in [0, 0.1) is 12.8 Å². The monoisotopic (exact) mass is 266 g/mol. The van der Waals surface area contributed by atoms with Gasteiger partial charge in [0.05, 0.1) is 0 Å². The lowest BCUT2D eigenvalue weighted by Gasteiger charge is -2.07. The molecule has 1 heteroatoms. The molecule has 1 aliphatic carbocycles. The second kappa shape index (κ2) is 5.16. The van der Waals surface area contributed by atoms with Gasteiger partial charge in [-0.2, -0.15) is 0 Å². The SMILES string of the molecule is Cc1ccc(CCCC(Br)C2CC2)cc1. The molecule has 15 heavy (non-hydrogen) atoms. The van der Waals surface area contributed by atoms with E-state index in [0.717, 1.165) is 10.7 Å². The predicted molar refractivity (Wildman–Crippen MR) is 69.6 cm³/mol. The van der Waals surface area contributed by atoms with E-state index in [1.54, 1.807) is 0 Å². The zero-order chi connectivity index (χ0) is 10.7. The standard InChI is InChI=1S/C14H19Br/c1-11-5-7-12(8-6-11)3-2-4-14(15)13-9-10-13/h5-8,13-14H,2-4,9-10H2,1H3. The third-order valence-electron chi connectivity index (χ3n) is 3.20. The molecule has 0 aliphatic heterocycles. The smallest absolute Gasteiger partial charge is 0.0174 e. The van der Waals surface area contributed by atoms with Crippen molar-refractivity contribution >= 4 is 15.9 Å². The molecule has 0 nitrogen and oxygen atoms in total. The van der Waals surface area contributed by atoms with Gasteiger partial charge in [0.2, 0.25) is 0 Å². The van der Waals surface area contributed by atoms with Crippen molar-refractivity contribution in [2.24, 2.45) is 5.92 Å². The molecule has 82 valence electrons. The van der Waals surface area contributed by atoms with Crippen LogP contribution < -0.4 is 0 Å². The summed E-state index contributed by atoms with van der Waals surface area (Å²) in [6.07, 6.45) is 6.77. The normalized spacial score (nSPS) is 17.7. The summed E-state index contributed by atoms with van der Waals surface area (Å²) >= 11 is 3.79. The van der Waals surface area contributed by atoms with Crippen LogP contribution in [-0.4, -0.2) is 4.83 Å². The van der Waals surface area contributed by atoms with Gasteiger partial charge in [-0.05, 0) is 50.5 Å². The molecule has 0 amide bonds. The fraction of sp³-hybridized carbons (Fsp3) is 0.571. The largest absolute Gasteiger partial charge is 0.0888 e. The lowest BCUT2D eigenvalue weighted by Crippen LogP contribution is -2.00. The number of benzene rings is 1. The second-order valence-electron chi connectivity index (χ2n) is 4.73. The first-order valence-electron chi connectivity index (χ1n) is 5.95. The van der Waals surface area contributed by atoms with Gasteiger partial charge in [0.25, 0.3) is 0 Å². The van der Waals surface area contributed by atoms with Gasteiger partial charge < -0.3 is 0 Å². The van der Waals surface area contributed by atoms with E-state index in [9.17, 15) is 0 Å². The Labute approximate surface area is 101 Å². The Morgan fingerprint density at radius 3 is 2.53 bits per heavy atom. The van der Waals surface area contributed by atoms with Crippen molar-refractivity contribution in [3.05, 3.63) is 35.4 Å². The number of hydrogen-bond acceptors (Lipinski definition) is 0. The zero-order valence-corrected chi connectivity index (χ0v) is 11.0. The van der Waals surface area contributed by atoms with Crippen LogP contribution in [0.15, 0.2) is 24.3 Å². The first-order valence-corrected chi connectivity index (χ1v) is 6.87. The molecule has 1 aliphatic rings. The first-order chi connectivity index (χ1) is 7.25. The van der Waals surface area contributed by atoms with E-state index >= 15 is 0 Å². The number of hydrogen-bond donors (Lipinski definition) is 0. The molecule has 0 heterocycles. The van der Waals surface area contributed by atoms with Crippen molar-refractivity contribution in [2.75, 3.05) is 0 Å². The first kappa shape index (κ1) is 11.2. The molecule has 0 radical (unpaired) electrons. The average molecular weight is 267 g/mol. The molecule has 0 aromatic heterocycles. The van der Waals surface area contributed by atoms with Crippen LogP contribution in [0.5, 0.6) is 0 Å². The van der Waals surface area contributed by atoms with Crippen LogP contribution in [0.4, 0.5) is 0 Å². The highest BCUT2D eigenvalue weighted by Gasteiger charge is 2.28.